The van der Waals surface area contributed by atoms with Crippen molar-refractivity contribution in [2.45, 2.75) is 23.7 Å². The van der Waals surface area contributed by atoms with Gasteiger partial charge in [-0.3, -0.25) is 0 Å². The van der Waals surface area contributed by atoms with E-state index in [4.69, 9.17) is 0 Å². The number of hydrogen-bond donors (Lipinski definition) is 0. The van der Waals surface area contributed by atoms with E-state index in [0.717, 1.165) is 35.3 Å². The summed E-state index contributed by atoms with van der Waals surface area (Å²) in [6.45, 7) is 2.31. The number of aromatic nitrogens is 3. The number of piperidine rings is 1. The Labute approximate surface area is 188 Å². The lowest BCUT2D eigenvalue weighted by molar-refractivity contribution is 0.255. The van der Waals surface area contributed by atoms with E-state index in [-0.39, 0.29) is 4.90 Å². The predicted octanol–water partition coefficient (Wildman–Crippen LogP) is 4.28. The summed E-state index contributed by atoms with van der Waals surface area (Å²) in [5.74, 6) is 0.636. The Morgan fingerprint density at radius 2 is 1.69 bits per heavy atom. The van der Waals surface area contributed by atoms with Crippen molar-refractivity contribution in [1.29, 1.82) is 0 Å². The molecule has 0 bridgehead atoms. The predicted molar refractivity (Wildman–Crippen MR) is 126 cm³/mol. The number of hydrogen-bond acceptors (Lipinski definition) is 5. The molecule has 2 aromatic heterocycles. The Bertz CT molecular complexity index is 1370. The summed E-state index contributed by atoms with van der Waals surface area (Å²) >= 11 is 0. The number of sulfone groups is 1. The molecule has 32 heavy (non-hydrogen) atoms. The van der Waals surface area contributed by atoms with E-state index in [9.17, 15) is 8.42 Å². The van der Waals surface area contributed by atoms with Gasteiger partial charge in [-0.1, -0.05) is 36.4 Å². The van der Waals surface area contributed by atoms with E-state index in [0.29, 0.717) is 11.6 Å². The van der Waals surface area contributed by atoms with Gasteiger partial charge in [0.25, 0.3) is 0 Å². The standard InChI is InChI=1S/C25H26N4O2S/c1-28-12-10-20(11-13-28)18-6-8-19(9-7-18)22-15-26-25-24(16-27-29(25)17-22)21-4-3-5-23(14-21)32(2,30)31/h3-9,14-17,20H,10-13H2,1-2H3. The summed E-state index contributed by atoms with van der Waals surface area (Å²) in [4.78, 5) is 7.33. The monoisotopic (exact) mass is 446 g/mol. The second-order valence-corrected chi connectivity index (χ2v) is 10.7. The maximum Gasteiger partial charge on any atom is 0.175 e. The molecular formula is C25H26N4O2S. The van der Waals surface area contributed by atoms with Crippen LogP contribution in [0.5, 0.6) is 0 Å². The van der Waals surface area contributed by atoms with Crippen LogP contribution in [0.25, 0.3) is 27.9 Å². The number of fused-ring (bicyclic) bond motifs is 1. The second-order valence-electron chi connectivity index (χ2n) is 8.67. The molecule has 1 saturated heterocycles. The first-order valence-corrected chi connectivity index (χ1v) is 12.7. The third-order valence-electron chi connectivity index (χ3n) is 6.36. The van der Waals surface area contributed by atoms with Gasteiger partial charge in [-0.15, -0.1) is 0 Å². The number of nitrogens with zero attached hydrogens (tertiary/aromatic N) is 4. The molecule has 1 aliphatic heterocycles. The summed E-state index contributed by atoms with van der Waals surface area (Å²) in [6.07, 6.45) is 9.18. The molecular weight excluding hydrogens is 420 g/mol. The zero-order chi connectivity index (χ0) is 22.3. The minimum Gasteiger partial charge on any atom is -0.306 e. The highest BCUT2D eigenvalue weighted by Gasteiger charge is 2.18. The fourth-order valence-electron chi connectivity index (χ4n) is 4.41. The average Bonchev–Trinajstić information content (AvgIpc) is 3.23. The van der Waals surface area contributed by atoms with Crippen LogP contribution in [0.4, 0.5) is 0 Å². The van der Waals surface area contributed by atoms with Crippen molar-refractivity contribution in [3.05, 3.63) is 72.7 Å². The molecule has 5 rings (SSSR count). The lowest BCUT2D eigenvalue weighted by atomic mass is 9.89. The van der Waals surface area contributed by atoms with Crippen molar-refractivity contribution < 1.29 is 8.42 Å². The van der Waals surface area contributed by atoms with Crippen LogP contribution in [0, 0.1) is 0 Å². The summed E-state index contributed by atoms with van der Waals surface area (Å²) in [5, 5.41) is 4.47. The number of benzene rings is 2. The van der Waals surface area contributed by atoms with Gasteiger partial charge in [0.05, 0.1) is 11.1 Å². The van der Waals surface area contributed by atoms with Crippen LogP contribution >= 0.6 is 0 Å². The van der Waals surface area contributed by atoms with E-state index >= 15 is 0 Å². The molecule has 3 heterocycles. The summed E-state index contributed by atoms with van der Waals surface area (Å²) < 4.78 is 25.6. The molecule has 0 amide bonds. The Balaban J connectivity index is 1.43. The highest BCUT2D eigenvalue weighted by Crippen LogP contribution is 2.30. The Morgan fingerprint density at radius 1 is 0.938 bits per heavy atom. The van der Waals surface area contributed by atoms with Gasteiger partial charge in [-0.25, -0.2) is 17.9 Å². The van der Waals surface area contributed by atoms with Crippen LogP contribution in [0.1, 0.15) is 24.3 Å². The SMILES string of the molecule is CN1CCC(c2ccc(-c3cnc4c(-c5cccc(S(C)(=O)=O)c5)cnn4c3)cc2)CC1. The molecule has 2 aromatic carbocycles. The van der Waals surface area contributed by atoms with Crippen molar-refractivity contribution in [2.24, 2.45) is 0 Å². The fourth-order valence-corrected chi connectivity index (χ4v) is 5.08. The zero-order valence-electron chi connectivity index (χ0n) is 18.3. The van der Waals surface area contributed by atoms with Gasteiger partial charge < -0.3 is 4.90 Å². The van der Waals surface area contributed by atoms with Crippen molar-refractivity contribution >= 4 is 15.5 Å². The molecule has 164 valence electrons. The summed E-state index contributed by atoms with van der Waals surface area (Å²) in [5.41, 5.74) is 5.79. The summed E-state index contributed by atoms with van der Waals surface area (Å²) in [7, 11) is -1.09. The van der Waals surface area contributed by atoms with Gasteiger partial charge in [-0.05, 0) is 67.7 Å². The van der Waals surface area contributed by atoms with Crippen LogP contribution < -0.4 is 0 Å². The van der Waals surface area contributed by atoms with Gasteiger partial charge in [0.2, 0.25) is 0 Å². The largest absolute Gasteiger partial charge is 0.306 e. The van der Waals surface area contributed by atoms with Gasteiger partial charge >= 0.3 is 0 Å². The molecule has 0 unspecified atom stereocenters. The quantitative estimate of drug-likeness (QED) is 0.468. The van der Waals surface area contributed by atoms with Crippen molar-refractivity contribution in [2.75, 3.05) is 26.4 Å². The molecule has 6 nitrogen and oxygen atoms in total. The highest BCUT2D eigenvalue weighted by atomic mass is 32.2. The van der Waals surface area contributed by atoms with Gasteiger partial charge in [0.15, 0.2) is 15.5 Å². The second kappa shape index (κ2) is 8.15. The molecule has 0 N–H and O–H groups in total. The maximum absolute atomic E-state index is 11.9. The summed E-state index contributed by atoms with van der Waals surface area (Å²) in [6, 6.07) is 15.7. The van der Waals surface area contributed by atoms with Crippen LogP contribution in [-0.4, -0.2) is 54.3 Å². The van der Waals surface area contributed by atoms with Gasteiger partial charge in [0, 0.05) is 29.8 Å². The highest BCUT2D eigenvalue weighted by molar-refractivity contribution is 7.90. The molecule has 0 atom stereocenters. The molecule has 1 fully saturated rings. The lowest BCUT2D eigenvalue weighted by Gasteiger charge is -2.29. The third-order valence-corrected chi connectivity index (χ3v) is 7.47. The molecule has 7 heteroatoms. The molecule has 0 saturated carbocycles. The average molecular weight is 447 g/mol. The zero-order valence-corrected chi connectivity index (χ0v) is 19.1. The van der Waals surface area contributed by atoms with Crippen molar-refractivity contribution in [3.8, 4) is 22.3 Å². The van der Waals surface area contributed by atoms with Gasteiger partial charge in [-0.2, -0.15) is 5.10 Å². The molecule has 4 aromatic rings. The number of rotatable bonds is 4. The Hall–Kier alpha value is -3.03. The van der Waals surface area contributed by atoms with Crippen LogP contribution in [0.15, 0.2) is 72.0 Å². The normalized spacial score (nSPS) is 15.9. The van der Waals surface area contributed by atoms with E-state index in [2.05, 4.69) is 46.3 Å². The fraction of sp³-hybridized carbons (Fsp3) is 0.280. The molecule has 0 radical (unpaired) electrons. The van der Waals surface area contributed by atoms with Crippen LogP contribution in [0.2, 0.25) is 0 Å². The number of likely N-dealkylation sites (tertiary alicyclic amines) is 1. The van der Waals surface area contributed by atoms with E-state index in [1.54, 1.807) is 28.9 Å². The Kier molecular flexibility index (Phi) is 5.31. The first kappa shape index (κ1) is 20.8. The first-order chi connectivity index (χ1) is 15.4. The molecule has 1 aliphatic rings. The Morgan fingerprint density at radius 3 is 2.41 bits per heavy atom. The van der Waals surface area contributed by atoms with E-state index < -0.39 is 9.84 Å². The molecule has 0 aliphatic carbocycles. The van der Waals surface area contributed by atoms with Gasteiger partial charge in [0.1, 0.15) is 0 Å². The topological polar surface area (TPSA) is 67.6 Å². The van der Waals surface area contributed by atoms with Crippen LogP contribution in [0.3, 0.4) is 0 Å². The lowest BCUT2D eigenvalue weighted by Crippen LogP contribution is -2.29. The van der Waals surface area contributed by atoms with Crippen molar-refractivity contribution in [1.82, 2.24) is 19.5 Å². The van der Waals surface area contributed by atoms with E-state index in [1.807, 2.05) is 18.5 Å². The minimum atomic E-state index is -3.28. The maximum atomic E-state index is 11.9. The van der Waals surface area contributed by atoms with Crippen LogP contribution in [-0.2, 0) is 9.84 Å². The minimum absolute atomic E-state index is 0.288. The van der Waals surface area contributed by atoms with E-state index in [1.165, 1.54) is 24.7 Å². The first-order valence-electron chi connectivity index (χ1n) is 10.8. The smallest absolute Gasteiger partial charge is 0.175 e. The third kappa shape index (κ3) is 4.06. The van der Waals surface area contributed by atoms with Crippen molar-refractivity contribution in [3.63, 3.8) is 0 Å². The molecule has 0 spiro atoms.